The number of aromatic nitrogens is 2. The molecular formula is C14H22N4O2. The standard InChI is InChI=1S/C14H22N4O2/c1-5-8-9-18-12(15)11(16-10(6-2)7-3)13(19)17(4)14(18)20/h2,10,16H,5,7-9,15H2,1,3-4H3. The van der Waals surface area contributed by atoms with Gasteiger partial charge in [-0.2, -0.15) is 0 Å². The Morgan fingerprint density at radius 3 is 2.55 bits per heavy atom. The first kappa shape index (κ1) is 15.9. The van der Waals surface area contributed by atoms with Crippen molar-refractivity contribution < 1.29 is 0 Å². The molecule has 1 rings (SSSR count). The van der Waals surface area contributed by atoms with Gasteiger partial charge in [0, 0.05) is 13.6 Å². The van der Waals surface area contributed by atoms with Crippen molar-refractivity contribution in [2.45, 2.75) is 45.7 Å². The normalized spacial score (nSPS) is 11.9. The maximum absolute atomic E-state index is 12.1. The molecule has 1 heterocycles. The summed E-state index contributed by atoms with van der Waals surface area (Å²) >= 11 is 0. The summed E-state index contributed by atoms with van der Waals surface area (Å²) in [5.41, 5.74) is 5.32. The topological polar surface area (TPSA) is 82.0 Å². The van der Waals surface area contributed by atoms with Crippen LogP contribution >= 0.6 is 0 Å². The quantitative estimate of drug-likeness (QED) is 0.752. The van der Waals surface area contributed by atoms with Gasteiger partial charge in [0.25, 0.3) is 5.56 Å². The van der Waals surface area contributed by atoms with E-state index in [1.807, 2.05) is 13.8 Å². The Hall–Kier alpha value is -2.16. The summed E-state index contributed by atoms with van der Waals surface area (Å²) in [6, 6.07) is -0.290. The van der Waals surface area contributed by atoms with Crippen LogP contribution in [0.15, 0.2) is 9.59 Å². The molecule has 1 unspecified atom stereocenters. The second-order valence-electron chi connectivity index (χ2n) is 4.68. The minimum atomic E-state index is -0.450. The molecule has 1 atom stereocenters. The molecule has 1 aromatic rings. The van der Waals surface area contributed by atoms with E-state index in [1.165, 1.54) is 11.6 Å². The minimum absolute atomic E-state index is 0.153. The lowest BCUT2D eigenvalue weighted by molar-refractivity contribution is 0.575. The monoisotopic (exact) mass is 278 g/mol. The molecule has 0 bridgehead atoms. The Balaban J connectivity index is 3.38. The predicted octanol–water partition coefficient (Wildman–Crippen LogP) is 0.753. The van der Waals surface area contributed by atoms with Crippen LogP contribution in [-0.4, -0.2) is 15.2 Å². The second kappa shape index (κ2) is 6.85. The molecular weight excluding hydrogens is 256 g/mol. The highest BCUT2D eigenvalue weighted by molar-refractivity contribution is 5.61. The van der Waals surface area contributed by atoms with Gasteiger partial charge in [-0.1, -0.05) is 26.2 Å². The van der Waals surface area contributed by atoms with Gasteiger partial charge in [-0.25, -0.2) is 4.79 Å². The van der Waals surface area contributed by atoms with Crippen molar-refractivity contribution in [1.29, 1.82) is 0 Å². The molecule has 0 aliphatic rings. The van der Waals surface area contributed by atoms with Crippen molar-refractivity contribution in [2.24, 2.45) is 7.05 Å². The Kier molecular flexibility index (Phi) is 5.44. The summed E-state index contributed by atoms with van der Waals surface area (Å²) in [5, 5.41) is 2.95. The van der Waals surface area contributed by atoms with Gasteiger partial charge < -0.3 is 11.1 Å². The van der Waals surface area contributed by atoms with E-state index in [9.17, 15) is 9.59 Å². The molecule has 6 nitrogen and oxygen atoms in total. The molecule has 3 N–H and O–H groups in total. The van der Waals surface area contributed by atoms with Crippen molar-refractivity contribution in [3.05, 3.63) is 20.8 Å². The van der Waals surface area contributed by atoms with Gasteiger partial charge in [0.1, 0.15) is 11.5 Å². The highest BCUT2D eigenvalue weighted by atomic mass is 16.2. The third kappa shape index (κ3) is 3.05. The zero-order chi connectivity index (χ0) is 15.3. The number of anilines is 2. The van der Waals surface area contributed by atoms with Crippen molar-refractivity contribution in [2.75, 3.05) is 11.1 Å². The van der Waals surface area contributed by atoms with Crippen LogP contribution in [0, 0.1) is 12.3 Å². The van der Waals surface area contributed by atoms with Crippen LogP contribution in [-0.2, 0) is 13.6 Å². The zero-order valence-electron chi connectivity index (χ0n) is 12.3. The first-order valence-corrected chi connectivity index (χ1v) is 6.79. The maximum Gasteiger partial charge on any atom is 0.332 e. The Labute approximate surface area is 118 Å². The van der Waals surface area contributed by atoms with Gasteiger partial charge in [0.15, 0.2) is 0 Å². The Morgan fingerprint density at radius 1 is 1.40 bits per heavy atom. The minimum Gasteiger partial charge on any atom is -0.383 e. The lowest BCUT2D eigenvalue weighted by Gasteiger charge is -2.18. The molecule has 0 aliphatic heterocycles. The zero-order valence-corrected chi connectivity index (χ0v) is 12.3. The van der Waals surface area contributed by atoms with E-state index >= 15 is 0 Å². The van der Waals surface area contributed by atoms with Crippen molar-refractivity contribution >= 4 is 11.5 Å². The van der Waals surface area contributed by atoms with Crippen LogP contribution in [0.2, 0.25) is 0 Å². The average molecular weight is 278 g/mol. The fourth-order valence-electron chi connectivity index (χ4n) is 1.89. The van der Waals surface area contributed by atoms with Crippen LogP contribution in [0.4, 0.5) is 11.5 Å². The van der Waals surface area contributed by atoms with Crippen LogP contribution in [0.5, 0.6) is 0 Å². The van der Waals surface area contributed by atoms with Crippen molar-refractivity contribution in [3.63, 3.8) is 0 Å². The molecule has 0 fully saturated rings. The lowest BCUT2D eigenvalue weighted by atomic mass is 10.2. The van der Waals surface area contributed by atoms with E-state index in [4.69, 9.17) is 12.2 Å². The number of nitrogens with two attached hydrogens (primary N) is 1. The molecule has 0 aromatic carbocycles. The molecule has 0 amide bonds. The number of terminal acetylenes is 1. The molecule has 20 heavy (non-hydrogen) atoms. The summed E-state index contributed by atoms with van der Waals surface area (Å²) in [5.74, 6) is 2.70. The van der Waals surface area contributed by atoms with E-state index in [1.54, 1.807) is 0 Å². The molecule has 0 radical (unpaired) electrons. The van der Waals surface area contributed by atoms with Gasteiger partial charge in [-0.3, -0.25) is 13.9 Å². The molecule has 0 aliphatic carbocycles. The second-order valence-corrected chi connectivity index (χ2v) is 4.68. The maximum atomic E-state index is 12.1. The average Bonchev–Trinajstić information content (AvgIpc) is 2.45. The van der Waals surface area contributed by atoms with Crippen molar-refractivity contribution in [3.8, 4) is 12.3 Å². The van der Waals surface area contributed by atoms with Crippen molar-refractivity contribution in [1.82, 2.24) is 9.13 Å². The summed E-state index contributed by atoms with van der Waals surface area (Å²) in [6.45, 7) is 4.41. The number of nitrogens with zero attached hydrogens (tertiary/aromatic N) is 2. The molecule has 0 spiro atoms. The predicted molar refractivity (Wildman–Crippen MR) is 81.8 cm³/mol. The first-order chi connectivity index (χ1) is 9.47. The van der Waals surface area contributed by atoms with Crippen LogP contribution in [0.3, 0.4) is 0 Å². The number of nitrogen functional groups attached to an aromatic ring is 1. The third-order valence-electron chi connectivity index (χ3n) is 3.25. The van der Waals surface area contributed by atoms with Gasteiger partial charge >= 0.3 is 5.69 Å². The molecule has 1 aromatic heterocycles. The highest BCUT2D eigenvalue weighted by Crippen LogP contribution is 2.13. The highest BCUT2D eigenvalue weighted by Gasteiger charge is 2.16. The number of hydrogen-bond donors (Lipinski definition) is 2. The fraction of sp³-hybridized carbons (Fsp3) is 0.571. The van der Waals surface area contributed by atoms with Gasteiger partial charge in [0.2, 0.25) is 0 Å². The van der Waals surface area contributed by atoms with E-state index in [-0.39, 0.29) is 17.5 Å². The Bertz CT molecular complexity index is 622. The van der Waals surface area contributed by atoms with Crippen LogP contribution in [0.25, 0.3) is 0 Å². The molecule has 110 valence electrons. The summed E-state index contributed by atoms with van der Waals surface area (Å²) in [4.78, 5) is 24.2. The molecule has 0 saturated heterocycles. The van der Waals surface area contributed by atoms with Crippen LogP contribution < -0.4 is 22.3 Å². The SMILES string of the molecule is C#CC(CC)Nc1c(N)n(CCCC)c(=O)n(C)c1=O. The number of hydrogen-bond acceptors (Lipinski definition) is 4. The van der Waals surface area contributed by atoms with Crippen LogP contribution in [0.1, 0.15) is 33.1 Å². The van der Waals surface area contributed by atoms with Gasteiger partial charge in [0.05, 0.1) is 6.04 Å². The fourth-order valence-corrected chi connectivity index (χ4v) is 1.89. The molecule has 0 saturated carbocycles. The Morgan fingerprint density at radius 2 is 2.05 bits per heavy atom. The lowest BCUT2D eigenvalue weighted by Crippen LogP contribution is -2.41. The number of unbranched alkanes of at least 4 members (excludes halogenated alkanes) is 1. The molecule has 6 heteroatoms. The van der Waals surface area contributed by atoms with E-state index in [0.29, 0.717) is 13.0 Å². The van der Waals surface area contributed by atoms with Gasteiger partial charge in [-0.05, 0) is 12.8 Å². The number of nitrogens with one attached hydrogen (secondary N) is 1. The number of rotatable bonds is 6. The smallest absolute Gasteiger partial charge is 0.332 e. The van der Waals surface area contributed by atoms with E-state index < -0.39 is 11.2 Å². The first-order valence-electron chi connectivity index (χ1n) is 6.79. The third-order valence-corrected chi connectivity index (χ3v) is 3.25. The summed E-state index contributed by atoms with van der Waals surface area (Å²) in [6.07, 6.45) is 7.79. The van der Waals surface area contributed by atoms with E-state index in [0.717, 1.165) is 17.4 Å². The van der Waals surface area contributed by atoms with Gasteiger partial charge in [-0.15, -0.1) is 6.42 Å². The largest absolute Gasteiger partial charge is 0.383 e. The van der Waals surface area contributed by atoms with E-state index in [2.05, 4.69) is 11.2 Å². The summed E-state index contributed by atoms with van der Waals surface area (Å²) in [7, 11) is 1.44. The summed E-state index contributed by atoms with van der Waals surface area (Å²) < 4.78 is 2.47.